The van der Waals surface area contributed by atoms with E-state index in [1.54, 1.807) is 10.8 Å². The van der Waals surface area contributed by atoms with Gasteiger partial charge in [0.25, 0.3) is 0 Å². The Morgan fingerprint density at radius 3 is 2.78 bits per heavy atom. The topological polar surface area (TPSA) is 76.0 Å². The fourth-order valence-electron chi connectivity index (χ4n) is 3.26. The van der Waals surface area contributed by atoms with E-state index in [4.69, 9.17) is 4.74 Å². The first kappa shape index (κ1) is 17.7. The first-order valence-corrected chi connectivity index (χ1v) is 9.61. The summed E-state index contributed by atoms with van der Waals surface area (Å²) in [6, 6.07) is 8.73. The Morgan fingerprint density at radius 2 is 2.04 bits per heavy atom. The van der Waals surface area contributed by atoms with Crippen LogP contribution < -0.4 is 10.4 Å². The van der Waals surface area contributed by atoms with E-state index in [9.17, 15) is 4.79 Å². The molecule has 27 heavy (non-hydrogen) atoms. The molecule has 1 aliphatic heterocycles. The molecule has 0 atom stereocenters. The van der Waals surface area contributed by atoms with E-state index in [0.717, 1.165) is 24.9 Å². The summed E-state index contributed by atoms with van der Waals surface area (Å²) in [6.07, 6.45) is 4.89. The predicted octanol–water partition coefficient (Wildman–Crippen LogP) is 2.55. The van der Waals surface area contributed by atoms with Crippen LogP contribution in [0.5, 0.6) is 6.01 Å². The zero-order valence-electron chi connectivity index (χ0n) is 15.6. The molecule has 0 aliphatic carbocycles. The zero-order chi connectivity index (χ0) is 18.6. The number of unbranched alkanes of at least 4 members (excludes halogenated alkanes) is 1. The Labute approximate surface area is 158 Å². The van der Waals surface area contributed by atoms with Crippen molar-refractivity contribution in [1.29, 1.82) is 0 Å². The van der Waals surface area contributed by atoms with Gasteiger partial charge in [-0.05, 0) is 37.1 Å². The molecular formula is C20H25N5O2. The van der Waals surface area contributed by atoms with Gasteiger partial charge in [0.15, 0.2) is 5.65 Å². The minimum absolute atomic E-state index is 0.182. The number of benzene rings is 1. The van der Waals surface area contributed by atoms with Crippen LogP contribution in [0.1, 0.15) is 37.3 Å². The minimum Gasteiger partial charge on any atom is -0.463 e. The molecule has 3 heterocycles. The highest BCUT2D eigenvalue weighted by atomic mass is 16.5. The van der Waals surface area contributed by atoms with Crippen LogP contribution >= 0.6 is 0 Å². The molecule has 1 aromatic carbocycles. The average Bonchev–Trinajstić information content (AvgIpc) is 2.94. The SMILES string of the molecule is CCCCOc1ncc2[nH]c(=O)n(Cc3cccc(CN4CCC4)c3)c2n1. The number of hydrogen-bond donors (Lipinski definition) is 1. The lowest BCUT2D eigenvalue weighted by atomic mass is 10.1. The second-order valence-electron chi connectivity index (χ2n) is 7.06. The van der Waals surface area contributed by atoms with Crippen molar-refractivity contribution in [2.45, 2.75) is 39.3 Å². The van der Waals surface area contributed by atoms with E-state index in [2.05, 4.69) is 45.0 Å². The highest BCUT2D eigenvalue weighted by Gasteiger charge is 2.15. The third-order valence-corrected chi connectivity index (χ3v) is 4.90. The van der Waals surface area contributed by atoms with Crippen LogP contribution in [-0.2, 0) is 13.1 Å². The van der Waals surface area contributed by atoms with Crippen LogP contribution in [0, 0.1) is 0 Å². The van der Waals surface area contributed by atoms with Crippen molar-refractivity contribution in [3.63, 3.8) is 0 Å². The summed E-state index contributed by atoms with van der Waals surface area (Å²) in [5, 5.41) is 0. The first-order chi connectivity index (χ1) is 13.2. The molecule has 2 aromatic heterocycles. The highest BCUT2D eigenvalue weighted by molar-refractivity contribution is 5.69. The van der Waals surface area contributed by atoms with Crippen LogP contribution in [-0.4, -0.2) is 44.1 Å². The molecule has 1 saturated heterocycles. The van der Waals surface area contributed by atoms with Gasteiger partial charge in [0, 0.05) is 6.54 Å². The number of rotatable bonds is 8. The van der Waals surface area contributed by atoms with E-state index in [1.807, 2.05) is 6.07 Å². The van der Waals surface area contributed by atoms with Gasteiger partial charge in [-0.2, -0.15) is 4.98 Å². The van der Waals surface area contributed by atoms with Gasteiger partial charge in [0.1, 0.15) is 5.52 Å². The molecule has 1 fully saturated rings. The molecule has 0 saturated carbocycles. The normalized spacial score (nSPS) is 14.4. The van der Waals surface area contributed by atoms with Gasteiger partial charge in [-0.1, -0.05) is 37.6 Å². The van der Waals surface area contributed by atoms with Gasteiger partial charge in [0.05, 0.1) is 19.3 Å². The van der Waals surface area contributed by atoms with E-state index < -0.39 is 0 Å². The van der Waals surface area contributed by atoms with E-state index in [0.29, 0.717) is 30.3 Å². The van der Waals surface area contributed by atoms with Gasteiger partial charge >= 0.3 is 11.7 Å². The van der Waals surface area contributed by atoms with E-state index in [1.165, 1.54) is 25.1 Å². The van der Waals surface area contributed by atoms with Crippen molar-refractivity contribution in [2.75, 3.05) is 19.7 Å². The van der Waals surface area contributed by atoms with Gasteiger partial charge in [0.2, 0.25) is 0 Å². The van der Waals surface area contributed by atoms with Gasteiger partial charge in [-0.25, -0.2) is 9.78 Å². The molecular weight excluding hydrogens is 342 g/mol. The first-order valence-electron chi connectivity index (χ1n) is 9.61. The maximum atomic E-state index is 12.4. The summed E-state index contributed by atoms with van der Waals surface area (Å²) in [4.78, 5) is 26.3. The third-order valence-electron chi connectivity index (χ3n) is 4.90. The highest BCUT2D eigenvalue weighted by Crippen LogP contribution is 2.16. The molecule has 0 unspecified atom stereocenters. The van der Waals surface area contributed by atoms with Crippen molar-refractivity contribution in [3.8, 4) is 6.01 Å². The predicted molar refractivity (Wildman–Crippen MR) is 104 cm³/mol. The summed E-state index contributed by atoms with van der Waals surface area (Å²) >= 11 is 0. The minimum atomic E-state index is -0.182. The lowest BCUT2D eigenvalue weighted by Gasteiger charge is -2.30. The number of hydrogen-bond acceptors (Lipinski definition) is 5. The van der Waals surface area contributed by atoms with Crippen molar-refractivity contribution in [1.82, 2.24) is 24.4 Å². The quantitative estimate of drug-likeness (QED) is 0.619. The Balaban J connectivity index is 1.57. The second-order valence-corrected chi connectivity index (χ2v) is 7.06. The Morgan fingerprint density at radius 1 is 1.22 bits per heavy atom. The number of nitrogens with one attached hydrogen (secondary N) is 1. The Bertz CT molecular complexity index is 974. The number of imidazole rings is 1. The van der Waals surface area contributed by atoms with Crippen molar-refractivity contribution < 1.29 is 4.74 Å². The van der Waals surface area contributed by atoms with Crippen molar-refractivity contribution in [3.05, 3.63) is 52.1 Å². The molecule has 7 nitrogen and oxygen atoms in total. The number of likely N-dealkylation sites (tertiary alicyclic amines) is 1. The molecule has 1 aliphatic rings. The maximum absolute atomic E-state index is 12.4. The fraction of sp³-hybridized carbons (Fsp3) is 0.450. The van der Waals surface area contributed by atoms with Gasteiger partial charge in [-0.3, -0.25) is 9.47 Å². The largest absolute Gasteiger partial charge is 0.463 e. The lowest BCUT2D eigenvalue weighted by molar-refractivity contribution is 0.172. The summed E-state index contributed by atoms with van der Waals surface area (Å²) < 4.78 is 7.24. The molecule has 3 aromatic rings. The average molecular weight is 367 g/mol. The van der Waals surface area contributed by atoms with Crippen molar-refractivity contribution in [2.24, 2.45) is 0 Å². The Hall–Kier alpha value is -2.67. The number of nitrogens with zero attached hydrogens (tertiary/aromatic N) is 4. The summed E-state index contributed by atoms with van der Waals surface area (Å²) in [5.74, 6) is 0. The molecule has 142 valence electrons. The standard InChI is InChI=1S/C20H25N5O2/c1-2-3-10-27-19-21-12-17-18(23-19)25(20(26)22-17)14-16-7-4-6-15(11-16)13-24-8-5-9-24/h4,6-7,11-12H,2-3,5,8-10,13-14H2,1H3,(H,22,26). The van der Waals surface area contributed by atoms with Gasteiger partial charge in [-0.15, -0.1) is 0 Å². The number of H-pyrrole nitrogens is 1. The number of aromatic amines is 1. The fourth-order valence-corrected chi connectivity index (χ4v) is 3.26. The molecule has 0 amide bonds. The number of aromatic nitrogens is 4. The maximum Gasteiger partial charge on any atom is 0.328 e. The summed E-state index contributed by atoms with van der Waals surface area (Å²) in [6.45, 7) is 6.46. The third kappa shape index (κ3) is 4.03. The molecule has 7 heteroatoms. The zero-order valence-corrected chi connectivity index (χ0v) is 15.6. The number of fused-ring (bicyclic) bond motifs is 1. The Kier molecular flexibility index (Phi) is 5.20. The van der Waals surface area contributed by atoms with E-state index in [-0.39, 0.29) is 5.69 Å². The number of ether oxygens (including phenoxy) is 1. The lowest BCUT2D eigenvalue weighted by Crippen LogP contribution is -2.36. The van der Waals surface area contributed by atoms with Crippen molar-refractivity contribution >= 4 is 11.2 Å². The molecule has 0 spiro atoms. The summed E-state index contributed by atoms with van der Waals surface area (Å²) in [7, 11) is 0. The molecule has 0 radical (unpaired) electrons. The molecule has 4 rings (SSSR count). The van der Waals surface area contributed by atoms with Crippen LogP contribution in [0.15, 0.2) is 35.3 Å². The van der Waals surface area contributed by atoms with Crippen LogP contribution in [0.2, 0.25) is 0 Å². The van der Waals surface area contributed by atoms with Crippen LogP contribution in [0.4, 0.5) is 0 Å². The van der Waals surface area contributed by atoms with Crippen LogP contribution in [0.25, 0.3) is 11.2 Å². The monoisotopic (exact) mass is 367 g/mol. The summed E-state index contributed by atoms with van der Waals surface area (Å²) in [5.41, 5.74) is 3.38. The second kappa shape index (κ2) is 7.92. The molecule has 1 N–H and O–H groups in total. The van der Waals surface area contributed by atoms with E-state index >= 15 is 0 Å². The smallest absolute Gasteiger partial charge is 0.328 e. The molecule has 0 bridgehead atoms. The van der Waals surface area contributed by atoms with Crippen LogP contribution in [0.3, 0.4) is 0 Å². The van der Waals surface area contributed by atoms with Gasteiger partial charge < -0.3 is 9.72 Å².